The Bertz CT molecular complexity index is 193. The van der Waals surface area contributed by atoms with Gasteiger partial charge in [-0.3, -0.25) is 9.69 Å². The Morgan fingerprint density at radius 2 is 2.00 bits per heavy atom. The highest BCUT2D eigenvalue weighted by atomic mass is 79.9. The Morgan fingerprint density at radius 3 is 2.60 bits per heavy atom. The van der Waals surface area contributed by atoms with Gasteiger partial charge in [0.05, 0.1) is 0 Å². The summed E-state index contributed by atoms with van der Waals surface area (Å²) < 4.78 is 0. The number of rotatable bonds is 5. The van der Waals surface area contributed by atoms with Crippen LogP contribution in [0.4, 0.5) is 0 Å². The lowest BCUT2D eigenvalue weighted by Gasteiger charge is -2.32. The molecule has 0 aromatic carbocycles. The second-order valence-corrected chi connectivity index (χ2v) is 4.73. The molecule has 1 amide bonds. The van der Waals surface area contributed by atoms with Crippen LogP contribution >= 0.6 is 15.9 Å². The smallest absolute Gasteiger partial charge is 0.220 e. The van der Waals surface area contributed by atoms with Crippen LogP contribution in [0.25, 0.3) is 0 Å². The van der Waals surface area contributed by atoms with Crippen molar-refractivity contribution in [3.63, 3.8) is 0 Å². The van der Waals surface area contributed by atoms with Gasteiger partial charge in [-0.2, -0.15) is 0 Å². The molecule has 0 spiro atoms. The summed E-state index contributed by atoms with van der Waals surface area (Å²) in [5.74, 6) is 0.140. The number of alkyl halides is 1. The zero-order valence-electron chi connectivity index (χ0n) is 9.34. The lowest BCUT2D eigenvalue weighted by atomic mass is 10.3. The van der Waals surface area contributed by atoms with E-state index in [-0.39, 0.29) is 5.91 Å². The first-order valence-corrected chi connectivity index (χ1v) is 6.58. The number of hydrogen-bond donors (Lipinski definition) is 1. The molecular formula is C10H20BrN3O. The minimum absolute atomic E-state index is 0.140. The van der Waals surface area contributed by atoms with Gasteiger partial charge in [0.15, 0.2) is 0 Å². The zero-order chi connectivity index (χ0) is 11.1. The van der Waals surface area contributed by atoms with Crippen LogP contribution in [0, 0.1) is 0 Å². The Kier molecular flexibility index (Phi) is 6.20. The van der Waals surface area contributed by atoms with Crippen molar-refractivity contribution in [2.75, 3.05) is 51.6 Å². The largest absolute Gasteiger partial charge is 0.355 e. The maximum Gasteiger partial charge on any atom is 0.220 e. The lowest BCUT2D eigenvalue weighted by molar-refractivity contribution is -0.120. The molecule has 0 atom stereocenters. The number of nitrogens with one attached hydrogen (secondary N) is 1. The van der Waals surface area contributed by atoms with Gasteiger partial charge in [0.2, 0.25) is 5.91 Å². The molecule has 4 nitrogen and oxygen atoms in total. The van der Waals surface area contributed by atoms with Gasteiger partial charge >= 0.3 is 0 Å². The van der Waals surface area contributed by atoms with Crippen LogP contribution < -0.4 is 5.32 Å². The molecule has 0 aliphatic carbocycles. The van der Waals surface area contributed by atoms with Crippen LogP contribution in [-0.2, 0) is 4.79 Å². The minimum atomic E-state index is 0.140. The second-order valence-electron chi connectivity index (χ2n) is 3.93. The number of halogens is 1. The van der Waals surface area contributed by atoms with Gasteiger partial charge in [-0.15, -0.1) is 0 Å². The molecule has 1 aliphatic rings. The Morgan fingerprint density at radius 1 is 1.33 bits per heavy atom. The van der Waals surface area contributed by atoms with Gasteiger partial charge in [-0.05, 0) is 7.05 Å². The molecule has 15 heavy (non-hydrogen) atoms. The molecule has 1 fully saturated rings. The molecule has 1 heterocycles. The summed E-state index contributed by atoms with van der Waals surface area (Å²) >= 11 is 3.25. The Labute approximate surface area is 100 Å². The van der Waals surface area contributed by atoms with Crippen LogP contribution in [0.15, 0.2) is 0 Å². The minimum Gasteiger partial charge on any atom is -0.355 e. The summed E-state index contributed by atoms with van der Waals surface area (Å²) in [5.41, 5.74) is 0. The van der Waals surface area contributed by atoms with Gasteiger partial charge < -0.3 is 10.2 Å². The van der Waals surface area contributed by atoms with Gasteiger partial charge in [0.1, 0.15) is 0 Å². The molecule has 0 aromatic heterocycles. The first-order chi connectivity index (χ1) is 7.22. The fourth-order valence-corrected chi connectivity index (χ4v) is 1.96. The van der Waals surface area contributed by atoms with Crippen molar-refractivity contribution >= 4 is 21.8 Å². The molecule has 88 valence electrons. The predicted octanol–water partition coefficient (Wildman–Crippen LogP) is 0.135. The number of nitrogens with zero attached hydrogens (tertiary/aromatic N) is 2. The molecular weight excluding hydrogens is 258 g/mol. The van der Waals surface area contributed by atoms with E-state index in [9.17, 15) is 4.79 Å². The van der Waals surface area contributed by atoms with E-state index in [2.05, 4.69) is 38.1 Å². The van der Waals surface area contributed by atoms with E-state index < -0.39 is 0 Å². The highest BCUT2D eigenvalue weighted by molar-refractivity contribution is 9.09. The maximum atomic E-state index is 11.2. The third-order valence-electron chi connectivity index (χ3n) is 2.67. The summed E-state index contributed by atoms with van der Waals surface area (Å²) in [6.45, 7) is 6.25. The van der Waals surface area contributed by atoms with E-state index in [1.165, 1.54) is 0 Å². The topological polar surface area (TPSA) is 35.6 Å². The first-order valence-electron chi connectivity index (χ1n) is 5.46. The normalized spacial score (nSPS) is 19.1. The second kappa shape index (κ2) is 7.19. The molecule has 1 rings (SSSR count). The summed E-state index contributed by atoms with van der Waals surface area (Å²) in [5, 5.41) is 3.66. The number of hydrogen-bond acceptors (Lipinski definition) is 3. The van der Waals surface area contributed by atoms with Gasteiger partial charge in [0.25, 0.3) is 0 Å². The van der Waals surface area contributed by atoms with Gasteiger partial charge in [-0.25, -0.2) is 0 Å². The maximum absolute atomic E-state index is 11.2. The molecule has 0 saturated carbocycles. The fourth-order valence-electron chi connectivity index (χ4n) is 1.60. The molecule has 0 bridgehead atoms. The van der Waals surface area contributed by atoms with Crippen molar-refractivity contribution in [2.24, 2.45) is 0 Å². The van der Waals surface area contributed by atoms with Crippen LogP contribution in [0.3, 0.4) is 0 Å². The average Bonchev–Trinajstić information content (AvgIpc) is 2.21. The highest BCUT2D eigenvalue weighted by Gasteiger charge is 2.12. The Balaban J connectivity index is 2.02. The van der Waals surface area contributed by atoms with Crippen LogP contribution in [-0.4, -0.2) is 67.4 Å². The van der Waals surface area contributed by atoms with Gasteiger partial charge in [0, 0.05) is 51.0 Å². The van der Waals surface area contributed by atoms with E-state index >= 15 is 0 Å². The van der Waals surface area contributed by atoms with E-state index in [0.717, 1.165) is 44.6 Å². The summed E-state index contributed by atoms with van der Waals surface area (Å²) in [6.07, 6.45) is 0.572. The Hall–Kier alpha value is -0.130. The SMILES string of the molecule is CN1CCN(CCNC(=O)CCBr)CC1. The molecule has 1 N–H and O–H groups in total. The summed E-state index contributed by atoms with van der Waals surface area (Å²) in [6, 6.07) is 0. The summed E-state index contributed by atoms with van der Waals surface area (Å²) in [4.78, 5) is 15.9. The van der Waals surface area contributed by atoms with Gasteiger partial charge in [-0.1, -0.05) is 15.9 Å². The number of likely N-dealkylation sites (N-methyl/N-ethyl adjacent to an activating group) is 1. The average molecular weight is 278 g/mol. The fraction of sp³-hybridized carbons (Fsp3) is 0.900. The molecule has 0 radical (unpaired) electrons. The van der Waals surface area contributed by atoms with Crippen LogP contribution in [0.2, 0.25) is 0 Å². The monoisotopic (exact) mass is 277 g/mol. The van der Waals surface area contributed by atoms with Crippen molar-refractivity contribution in [1.29, 1.82) is 0 Å². The number of carbonyl (C=O) groups excluding carboxylic acids is 1. The first kappa shape index (κ1) is 12.9. The number of carbonyl (C=O) groups is 1. The third-order valence-corrected chi connectivity index (χ3v) is 3.06. The van der Waals surface area contributed by atoms with Crippen molar-refractivity contribution in [3.05, 3.63) is 0 Å². The molecule has 0 unspecified atom stereocenters. The van der Waals surface area contributed by atoms with Crippen molar-refractivity contribution < 1.29 is 4.79 Å². The predicted molar refractivity (Wildman–Crippen MR) is 65.4 cm³/mol. The van der Waals surface area contributed by atoms with E-state index in [0.29, 0.717) is 6.42 Å². The molecule has 5 heteroatoms. The van der Waals surface area contributed by atoms with Crippen molar-refractivity contribution in [3.8, 4) is 0 Å². The standard InChI is InChI=1S/C10H20BrN3O/c1-13-6-8-14(9-7-13)5-4-12-10(15)2-3-11/h2-9H2,1H3,(H,12,15). The number of piperazine rings is 1. The highest BCUT2D eigenvalue weighted by Crippen LogP contribution is 1.97. The van der Waals surface area contributed by atoms with Crippen LogP contribution in [0.5, 0.6) is 0 Å². The molecule has 0 aromatic rings. The molecule has 1 aliphatic heterocycles. The van der Waals surface area contributed by atoms with Crippen LogP contribution in [0.1, 0.15) is 6.42 Å². The van der Waals surface area contributed by atoms with E-state index in [4.69, 9.17) is 0 Å². The molecule has 1 saturated heterocycles. The quantitative estimate of drug-likeness (QED) is 0.726. The lowest BCUT2D eigenvalue weighted by Crippen LogP contribution is -2.46. The zero-order valence-corrected chi connectivity index (χ0v) is 10.9. The van der Waals surface area contributed by atoms with E-state index in [1.54, 1.807) is 0 Å². The summed E-state index contributed by atoms with van der Waals surface area (Å²) in [7, 11) is 2.15. The number of amides is 1. The van der Waals surface area contributed by atoms with Crippen molar-refractivity contribution in [2.45, 2.75) is 6.42 Å². The van der Waals surface area contributed by atoms with E-state index in [1.807, 2.05) is 0 Å². The van der Waals surface area contributed by atoms with Crippen molar-refractivity contribution in [1.82, 2.24) is 15.1 Å². The third kappa shape index (κ3) is 5.49.